The zero-order valence-corrected chi connectivity index (χ0v) is 19.1. The third-order valence-corrected chi connectivity index (χ3v) is 6.26. The summed E-state index contributed by atoms with van der Waals surface area (Å²) in [5, 5.41) is 3.28. The number of aryl methyl sites for hydroxylation is 1. The molecular formula is C25H31NO5. The zero-order valence-electron chi connectivity index (χ0n) is 19.1. The molecule has 0 radical (unpaired) electrons. The Labute approximate surface area is 183 Å². The molecule has 1 aromatic rings. The molecule has 1 aliphatic carbocycles. The Kier molecular flexibility index (Phi) is 6.68. The van der Waals surface area contributed by atoms with Gasteiger partial charge in [0.2, 0.25) is 0 Å². The first-order valence-electron chi connectivity index (χ1n) is 10.8. The van der Waals surface area contributed by atoms with Gasteiger partial charge in [-0.3, -0.25) is 9.59 Å². The van der Waals surface area contributed by atoms with Gasteiger partial charge in [-0.15, -0.1) is 0 Å². The standard InChI is InChI=1S/C25H31NO5/c1-7-15(4)31-25(29)20-16(5)26-18-12-14(3)19(24(28)30-6)23(27)22(18)21(20)17-10-8-13(2)9-11-17/h8-11,14-15,19,21,26H,7,12H2,1-6H3/t14-,15-,19+,21+/m0/s1. The minimum atomic E-state index is -0.885. The fourth-order valence-corrected chi connectivity index (χ4v) is 4.37. The number of hydrogen-bond donors (Lipinski definition) is 1. The summed E-state index contributed by atoms with van der Waals surface area (Å²) in [5.74, 6) is -2.96. The monoisotopic (exact) mass is 425 g/mol. The summed E-state index contributed by atoms with van der Waals surface area (Å²) in [5.41, 5.74) is 4.21. The molecule has 0 fully saturated rings. The van der Waals surface area contributed by atoms with Crippen LogP contribution in [0.2, 0.25) is 0 Å². The second kappa shape index (κ2) is 9.08. The van der Waals surface area contributed by atoms with Gasteiger partial charge in [-0.25, -0.2) is 4.79 Å². The lowest BCUT2D eigenvalue weighted by Crippen LogP contribution is -2.43. The first-order valence-corrected chi connectivity index (χ1v) is 10.8. The Hall–Kier alpha value is -2.89. The van der Waals surface area contributed by atoms with E-state index >= 15 is 0 Å². The van der Waals surface area contributed by atoms with Gasteiger partial charge in [0.05, 0.1) is 18.8 Å². The number of ketones is 1. The molecule has 6 heteroatoms. The van der Waals surface area contributed by atoms with Crippen LogP contribution < -0.4 is 5.32 Å². The first-order chi connectivity index (χ1) is 14.7. The van der Waals surface area contributed by atoms with Crippen LogP contribution in [0.4, 0.5) is 0 Å². The second-order valence-electron chi connectivity index (χ2n) is 8.57. The SMILES string of the molecule is CC[C@H](C)OC(=O)C1=C(C)NC2=C(C(=O)[C@H](C(=O)OC)[C@@H](C)C2)[C@@H]1c1ccc(C)cc1. The van der Waals surface area contributed by atoms with Gasteiger partial charge in [-0.2, -0.15) is 0 Å². The van der Waals surface area contributed by atoms with Gasteiger partial charge in [0.15, 0.2) is 5.78 Å². The smallest absolute Gasteiger partial charge is 0.337 e. The topological polar surface area (TPSA) is 81.7 Å². The van der Waals surface area contributed by atoms with Gasteiger partial charge in [-0.05, 0) is 45.1 Å². The minimum Gasteiger partial charge on any atom is -0.468 e. The zero-order chi connectivity index (χ0) is 22.9. The average molecular weight is 426 g/mol. The van der Waals surface area contributed by atoms with Gasteiger partial charge in [0.1, 0.15) is 5.92 Å². The molecule has 1 heterocycles. The van der Waals surface area contributed by atoms with Crippen LogP contribution in [0.5, 0.6) is 0 Å². The third-order valence-electron chi connectivity index (χ3n) is 6.26. The maximum Gasteiger partial charge on any atom is 0.337 e. The van der Waals surface area contributed by atoms with Crippen molar-refractivity contribution in [2.75, 3.05) is 7.11 Å². The number of nitrogens with one attached hydrogen (secondary N) is 1. The van der Waals surface area contributed by atoms with Crippen molar-refractivity contribution in [1.82, 2.24) is 5.32 Å². The number of benzene rings is 1. The van der Waals surface area contributed by atoms with E-state index in [1.54, 1.807) is 0 Å². The average Bonchev–Trinajstić information content (AvgIpc) is 2.72. The highest BCUT2D eigenvalue weighted by Crippen LogP contribution is 2.45. The Balaban J connectivity index is 2.15. The highest BCUT2D eigenvalue weighted by Gasteiger charge is 2.47. The van der Waals surface area contributed by atoms with Crippen molar-refractivity contribution >= 4 is 17.7 Å². The predicted octanol–water partition coefficient (Wildman–Crippen LogP) is 3.95. The lowest BCUT2D eigenvalue weighted by atomic mass is 9.69. The number of rotatable bonds is 5. The van der Waals surface area contributed by atoms with Gasteiger partial charge in [0, 0.05) is 22.9 Å². The van der Waals surface area contributed by atoms with Gasteiger partial charge in [0.25, 0.3) is 0 Å². The van der Waals surface area contributed by atoms with E-state index in [2.05, 4.69) is 5.32 Å². The molecule has 0 unspecified atom stereocenters. The van der Waals surface area contributed by atoms with E-state index in [0.29, 0.717) is 29.7 Å². The van der Waals surface area contributed by atoms with E-state index in [0.717, 1.165) is 16.8 Å². The molecule has 1 aromatic carbocycles. The molecule has 2 aliphatic rings. The summed E-state index contributed by atoms with van der Waals surface area (Å²) < 4.78 is 10.6. The van der Waals surface area contributed by atoms with Crippen molar-refractivity contribution in [2.45, 2.75) is 59.5 Å². The van der Waals surface area contributed by atoms with Crippen molar-refractivity contribution in [1.29, 1.82) is 0 Å². The van der Waals surface area contributed by atoms with Crippen molar-refractivity contribution in [3.8, 4) is 0 Å². The summed E-state index contributed by atoms with van der Waals surface area (Å²) in [4.78, 5) is 39.2. The molecule has 0 amide bonds. The number of esters is 2. The molecule has 31 heavy (non-hydrogen) atoms. The van der Waals surface area contributed by atoms with Crippen molar-refractivity contribution < 1.29 is 23.9 Å². The largest absolute Gasteiger partial charge is 0.468 e. The Morgan fingerprint density at radius 2 is 1.84 bits per heavy atom. The molecule has 0 spiro atoms. The summed E-state index contributed by atoms with van der Waals surface area (Å²) in [6.45, 7) is 9.48. The van der Waals surface area contributed by atoms with E-state index < -0.39 is 23.8 Å². The Morgan fingerprint density at radius 1 is 1.19 bits per heavy atom. The summed E-state index contributed by atoms with van der Waals surface area (Å²) in [6.07, 6.45) is 0.968. The maximum atomic E-state index is 13.6. The summed E-state index contributed by atoms with van der Waals surface area (Å²) in [7, 11) is 1.29. The molecule has 166 valence electrons. The maximum absolute atomic E-state index is 13.6. The number of allylic oxidation sites excluding steroid dienone is 3. The lowest BCUT2D eigenvalue weighted by Gasteiger charge is -2.38. The van der Waals surface area contributed by atoms with E-state index in [1.165, 1.54) is 7.11 Å². The molecule has 0 aromatic heterocycles. The van der Waals surface area contributed by atoms with E-state index in [9.17, 15) is 14.4 Å². The molecule has 6 nitrogen and oxygen atoms in total. The highest BCUT2D eigenvalue weighted by molar-refractivity contribution is 6.12. The number of methoxy groups -OCH3 is 1. The molecule has 1 aliphatic heterocycles. The Morgan fingerprint density at radius 3 is 2.42 bits per heavy atom. The first kappa shape index (κ1) is 22.8. The van der Waals surface area contributed by atoms with Gasteiger partial charge < -0.3 is 14.8 Å². The highest BCUT2D eigenvalue weighted by atomic mass is 16.5. The van der Waals surface area contributed by atoms with E-state index in [-0.39, 0.29) is 17.8 Å². The molecule has 3 rings (SSSR count). The van der Waals surface area contributed by atoms with Crippen LogP contribution in [0.25, 0.3) is 0 Å². The van der Waals surface area contributed by atoms with Crippen molar-refractivity contribution in [3.05, 3.63) is 57.9 Å². The quantitative estimate of drug-likeness (QED) is 0.568. The molecule has 0 bridgehead atoms. The summed E-state index contributed by atoms with van der Waals surface area (Å²) >= 11 is 0. The van der Waals surface area contributed by atoms with Crippen molar-refractivity contribution in [2.24, 2.45) is 11.8 Å². The predicted molar refractivity (Wildman–Crippen MR) is 117 cm³/mol. The van der Waals surface area contributed by atoms with Crippen LogP contribution in [0.3, 0.4) is 0 Å². The summed E-state index contributed by atoms with van der Waals surface area (Å²) in [6, 6.07) is 7.77. The number of carbonyl (C=O) groups is 3. The molecular weight excluding hydrogens is 394 g/mol. The normalized spacial score (nSPS) is 24.3. The van der Waals surface area contributed by atoms with E-state index in [4.69, 9.17) is 9.47 Å². The molecule has 0 saturated heterocycles. The Bertz CT molecular complexity index is 957. The minimum absolute atomic E-state index is 0.203. The van der Waals surface area contributed by atoms with Crippen LogP contribution in [0.1, 0.15) is 57.6 Å². The second-order valence-corrected chi connectivity index (χ2v) is 8.57. The number of carbonyl (C=O) groups excluding carboxylic acids is 3. The molecule has 1 N–H and O–H groups in total. The lowest BCUT2D eigenvalue weighted by molar-refractivity contribution is -0.151. The number of dihydropyridines is 1. The number of hydrogen-bond acceptors (Lipinski definition) is 6. The fraction of sp³-hybridized carbons (Fsp3) is 0.480. The fourth-order valence-electron chi connectivity index (χ4n) is 4.37. The van der Waals surface area contributed by atoms with Crippen LogP contribution in [0, 0.1) is 18.8 Å². The van der Waals surface area contributed by atoms with E-state index in [1.807, 2.05) is 58.9 Å². The molecule has 0 saturated carbocycles. The van der Waals surface area contributed by atoms with Crippen molar-refractivity contribution in [3.63, 3.8) is 0 Å². The van der Waals surface area contributed by atoms with Crippen LogP contribution >= 0.6 is 0 Å². The van der Waals surface area contributed by atoms with Gasteiger partial charge in [-0.1, -0.05) is 43.7 Å². The number of ether oxygens (including phenoxy) is 2. The van der Waals surface area contributed by atoms with Crippen LogP contribution in [0.15, 0.2) is 46.8 Å². The third kappa shape index (κ3) is 4.29. The number of Topliss-reactive ketones (excluding diaryl/α,β-unsaturated/α-hetero) is 1. The molecule has 4 atom stereocenters. The van der Waals surface area contributed by atoms with Crippen LogP contribution in [-0.4, -0.2) is 30.9 Å². The van der Waals surface area contributed by atoms with Crippen LogP contribution in [-0.2, 0) is 23.9 Å². The van der Waals surface area contributed by atoms with Gasteiger partial charge >= 0.3 is 11.9 Å².